The number of benzene rings is 1. The Morgan fingerprint density at radius 1 is 1.29 bits per heavy atom. The lowest BCUT2D eigenvalue weighted by atomic mass is 10.2. The average Bonchev–Trinajstić information content (AvgIpc) is 2.67. The topological polar surface area (TPSA) is 47.4 Å². The Bertz CT molecular complexity index is 1040. The van der Waals surface area contributed by atoms with E-state index in [1.807, 2.05) is 31.2 Å². The average molecular weight is 450 g/mol. The molecule has 0 fully saturated rings. The molecule has 0 aliphatic rings. The molecule has 0 saturated heterocycles. The van der Waals surface area contributed by atoms with E-state index < -0.39 is 0 Å². The summed E-state index contributed by atoms with van der Waals surface area (Å²) < 4.78 is 6.94. The van der Waals surface area contributed by atoms with E-state index in [0.717, 1.165) is 25.9 Å². The lowest BCUT2D eigenvalue weighted by molar-refractivity contribution is 0.309. The van der Waals surface area contributed by atoms with Crippen molar-refractivity contribution >= 4 is 62.0 Å². The molecule has 0 spiro atoms. The van der Waals surface area contributed by atoms with Gasteiger partial charge in [-0.25, -0.2) is 4.98 Å². The third kappa shape index (κ3) is 4.81. The quantitative estimate of drug-likeness (QED) is 0.244. The Hall–Kier alpha value is -1.73. The summed E-state index contributed by atoms with van der Waals surface area (Å²) in [5.41, 5.74) is 2.37. The van der Waals surface area contributed by atoms with Gasteiger partial charge in [-0.3, -0.25) is 9.98 Å². The van der Waals surface area contributed by atoms with Gasteiger partial charge in [0.15, 0.2) is 0 Å². The molecule has 0 atom stereocenters. The number of ether oxygens (including phenoxy) is 1. The molecule has 0 saturated carbocycles. The second-order valence-electron chi connectivity index (χ2n) is 5.66. The third-order valence-corrected chi connectivity index (χ3v) is 6.44. The monoisotopic (exact) mass is 449 g/mol. The first-order chi connectivity index (χ1) is 13.5. The van der Waals surface area contributed by atoms with Gasteiger partial charge in [-0.1, -0.05) is 65.4 Å². The van der Waals surface area contributed by atoms with E-state index in [-0.39, 0.29) is 6.61 Å². The number of pyridine rings is 2. The number of hydrogen-bond donors (Lipinski definition) is 0. The minimum absolute atomic E-state index is 0.228. The Morgan fingerprint density at radius 2 is 2.04 bits per heavy atom. The van der Waals surface area contributed by atoms with Crippen LogP contribution in [0.25, 0.3) is 10.9 Å². The van der Waals surface area contributed by atoms with Gasteiger partial charge < -0.3 is 4.74 Å². The van der Waals surface area contributed by atoms with Crippen LogP contribution in [-0.4, -0.2) is 21.4 Å². The van der Waals surface area contributed by atoms with E-state index in [4.69, 9.17) is 27.9 Å². The number of rotatable bonds is 5. The van der Waals surface area contributed by atoms with Gasteiger partial charge in [0, 0.05) is 41.0 Å². The summed E-state index contributed by atoms with van der Waals surface area (Å²) in [5, 5.41) is 3.70. The van der Waals surface area contributed by atoms with Gasteiger partial charge in [-0.15, -0.1) is 0 Å². The van der Waals surface area contributed by atoms with E-state index in [1.165, 1.54) is 11.8 Å². The minimum atomic E-state index is 0.228. The predicted octanol–water partition coefficient (Wildman–Crippen LogP) is 6.78. The minimum Gasteiger partial charge on any atom is -0.487 e. The zero-order valence-corrected chi connectivity index (χ0v) is 18.4. The van der Waals surface area contributed by atoms with Gasteiger partial charge in [-0.2, -0.15) is 0 Å². The second kappa shape index (κ2) is 9.65. The van der Waals surface area contributed by atoms with Crippen molar-refractivity contribution in [3.8, 4) is 5.75 Å². The highest BCUT2D eigenvalue weighted by atomic mass is 35.5. The lowest BCUT2D eigenvalue weighted by Gasteiger charge is -2.13. The maximum atomic E-state index is 6.20. The molecule has 0 aliphatic carbocycles. The number of para-hydroxylation sites is 1. The number of aromatic nitrogens is 2. The van der Waals surface area contributed by atoms with Crippen molar-refractivity contribution in [2.75, 3.05) is 7.05 Å². The van der Waals surface area contributed by atoms with E-state index >= 15 is 0 Å². The molecule has 0 N–H and O–H groups in total. The fourth-order valence-electron chi connectivity index (χ4n) is 2.53. The molecule has 3 aromatic rings. The van der Waals surface area contributed by atoms with E-state index in [2.05, 4.69) is 21.5 Å². The fraction of sp³-hybridized carbons (Fsp3) is 0.150. The summed E-state index contributed by atoms with van der Waals surface area (Å²) in [6, 6.07) is 7.90. The van der Waals surface area contributed by atoms with Gasteiger partial charge in [0.2, 0.25) is 0 Å². The van der Waals surface area contributed by atoms with E-state index in [9.17, 15) is 0 Å². The molecule has 0 amide bonds. The highest BCUT2D eigenvalue weighted by molar-refractivity contribution is 8.40. The van der Waals surface area contributed by atoms with Crippen LogP contribution in [0.5, 0.6) is 5.75 Å². The first-order valence-electron chi connectivity index (χ1n) is 8.26. The number of halogens is 2. The van der Waals surface area contributed by atoms with Crippen LogP contribution in [0, 0.1) is 6.92 Å². The van der Waals surface area contributed by atoms with Gasteiger partial charge in [0.1, 0.15) is 22.2 Å². The molecule has 0 bridgehead atoms. The van der Waals surface area contributed by atoms with Crippen molar-refractivity contribution < 1.29 is 4.74 Å². The zero-order valence-electron chi connectivity index (χ0n) is 15.3. The molecular formula is C20H17Cl2N3OS2. The highest BCUT2D eigenvalue weighted by Crippen LogP contribution is 2.36. The molecule has 28 heavy (non-hydrogen) atoms. The molecule has 0 unspecified atom stereocenters. The van der Waals surface area contributed by atoms with Crippen LogP contribution in [0.3, 0.4) is 0 Å². The highest BCUT2D eigenvalue weighted by Gasteiger charge is 2.13. The van der Waals surface area contributed by atoms with Crippen molar-refractivity contribution in [1.82, 2.24) is 9.97 Å². The number of fused-ring (bicyclic) bond motifs is 1. The van der Waals surface area contributed by atoms with Crippen LogP contribution in [0.1, 0.15) is 11.3 Å². The maximum absolute atomic E-state index is 6.20. The number of aliphatic imine (C=N–C) groups is 1. The van der Waals surface area contributed by atoms with Crippen LogP contribution in [0.4, 0.5) is 0 Å². The van der Waals surface area contributed by atoms with Crippen molar-refractivity contribution in [2.45, 2.75) is 18.4 Å². The van der Waals surface area contributed by atoms with Crippen molar-refractivity contribution in [3.05, 3.63) is 69.9 Å². The molecule has 3 rings (SSSR count). The molecule has 8 heteroatoms. The van der Waals surface area contributed by atoms with Crippen LogP contribution in [-0.2, 0) is 6.61 Å². The van der Waals surface area contributed by atoms with Crippen LogP contribution in [0.15, 0.2) is 58.5 Å². The summed E-state index contributed by atoms with van der Waals surface area (Å²) in [6.45, 7) is 5.95. The molecule has 0 radical (unpaired) electrons. The number of aryl methyl sites for hydroxylation is 1. The standard InChI is InChI=1S/C20H17Cl2N3OS2/c1-4-27-20(23-3)28-18-8-12(2)25-19-13(18)6-5-7-17(19)26-11-14-15(21)9-24-10-16(14)22/h4-10H,1,11H2,2-3H3. The molecule has 0 aliphatic heterocycles. The normalized spacial score (nSPS) is 11.6. The van der Waals surface area contributed by atoms with Crippen molar-refractivity contribution in [3.63, 3.8) is 0 Å². The Kier molecular flexibility index (Phi) is 7.24. The van der Waals surface area contributed by atoms with Gasteiger partial charge >= 0.3 is 0 Å². The molecule has 144 valence electrons. The molecule has 2 aromatic heterocycles. The molecule has 1 aromatic carbocycles. The number of nitrogens with zero attached hydrogens (tertiary/aromatic N) is 3. The SMILES string of the molecule is C=CSC(=NC)Sc1cc(C)nc2c(OCc3c(Cl)cncc3Cl)cccc12. The van der Waals surface area contributed by atoms with Gasteiger partial charge in [0.05, 0.1) is 10.0 Å². The first-order valence-corrected chi connectivity index (χ1v) is 10.7. The molecular weight excluding hydrogens is 433 g/mol. The van der Waals surface area contributed by atoms with Crippen LogP contribution in [0.2, 0.25) is 10.0 Å². The number of hydrogen-bond acceptors (Lipinski definition) is 6. The third-order valence-electron chi connectivity index (χ3n) is 3.78. The van der Waals surface area contributed by atoms with Gasteiger partial charge in [-0.05, 0) is 24.5 Å². The van der Waals surface area contributed by atoms with Gasteiger partial charge in [0.25, 0.3) is 0 Å². The molecule has 4 nitrogen and oxygen atoms in total. The summed E-state index contributed by atoms with van der Waals surface area (Å²) in [4.78, 5) is 14.0. The predicted molar refractivity (Wildman–Crippen MR) is 122 cm³/mol. The van der Waals surface area contributed by atoms with E-state index in [0.29, 0.717) is 21.4 Å². The summed E-state index contributed by atoms with van der Waals surface area (Å²) in [7, 11) is 1.77. The maximum Gasteiger partial charge on any atom is 0.146 e. The second-order valence-corrected chi connectivity index (χ2v) is 8.72. The first kappa shape index (κ1) is 21.0. The summed E-state index contributed by atoms with van der Waals surface area (Å²) in [6.07, 6.45) is 3.10. The smallest absolute Gasteiger partial charge is 0.146 e. The Morgan fingerprint density at radius 3 is 2.71 bits per heavy atom. The van der Waals surface area contributed by atoms with Crippen LogP contribution < -0.4 is 4.74 Å². The summed E-state index contributed by atoms with van der Waals surface area (Å²) in [5.74, 6) is 0.665. The van der Waals surface area contributed by atoms with Crippen LogP contribution >= 0.6 is 46.7 Å². The zero-order chi connectivity index (χ0) is 20.1. The fourth-order valence-corrected chi connectivity index (χ4v) is 4.70. The summed E-state index contributed by atoms with van der Waals surface area (Å²) >= 11 is 15.5. The van der Waals surface area contributed by atoms with Crippen molar-refractivity contribution in [2.24, 2.45) is 4.99 Å². The lowest BCUT2D eigenvalue weighted by Crippen LogP contribution is -2.00. The Balaban J connectivity index is 1.97. The van der Waals surface area contributed by atoms with Crippen molar-refractivity contribution in [1.29, 1.82) is 0 Å². The largest absolute Gasteiger partial charge is 0.487 e. The van der Waals surface area contributed by atoms with E-state index in [1.54, 1.807) is 36.6 Å². The number of thioether (sulfide) groups is 2. The molecule has 2 heterocycles. The Labute approximate surface area is 182 Å².